The van der Waals surface area contributed by atoms with Crippen molar-refractivity contribution in [1.29, 1.82) is 0 Å². The fraction of sp³-hybridized carbons (Fsp3) is 0.0625. The third-order valence-corrected chi connectivity index (χ3v) is 3.90. The predicted octanol–water partition coefficient (Wildman–Crippen LogP) is 2.67. The maximum Gasteiger partial charge on any atom is 0.241 e. The molecule has 117 valence electrons. The molecular formula is C16H14ClN4O2. The Morgan fingerprint density at radius 1 is 1.04 bits per heavy atom. The minimum atomic E-state index is 0. The molecule has 2 heterocycles. The Labute approximate surface area is 137 Å². The zero-order chi connectivity index (χ0) is 15.3. The lowest BCUT2D eigenvalue weighted by atomic mass is 10.1. The van der Waals surface area contributed by atoms with Crippen molar-refractivity contribution in [3.63, 3.8) is 0 Å². The van der Waals surface area contributed by atoms with Crippen LogP contribution in [0.25, 0.3) is 16.9 Å². The molecule has 0 fully saturated rings. The Hall–Kier alpha value is -2.70. The summed E-state index contributed by atoms with van der Waals surface area (Å²) < 4.78 is 1.50. The first kappa shape index (κ1) is 15.2. The van der Waals surface area contributed by atoms with Crippen molar-refractivity contribution in [2.75, 3.05) is 12.1 Å². The van der Waals surface area contributed by atoms with Gasteiger partial charge >= 0.3 is 0 Å². The zero-order valence-electron chi connectivity index (χ0n) is 12.2. The van der Waals surface area contributed by atoms with Gasteiger partial charge in [-0.15, -0.1) is 0 Å². The second-order valence-electron chi connectivity index (χ2n) is 5.05. The Balaban J connectivity index is 0.00000156. The van der Waals surface area contributed by atoms with Gasteiger partial charge in [-0.05, 0) is 30.3 Å². The van der Waals surface area contributed by atoms with E-state index in [9.17, 15) is 5.11 Å². The molecule has 1 aliphatic rings. The number of aromatic hydroxyl groups is 1. The summed E-state index contributed by atoms with van der Waals surface area (Å²) in [6.45, 7) is 0. The number of hydrogen-bond donors (Lipinski definition) is 1. The average Bonchev–Trinajstić information content (AvgIpc) is 2.87. The number of benzene rings is 2. The van der Waals surface area contributed by atoms with Crippen LogP contribution >= 0.6 is 11.6 Å². The van der Waals surface area contributed by atoms with Crippen LogP contribution in [0.3, 0.4) is 0 Å². The number of nitrogens with zero attached hydrogens (tertiary/aromatic N) is 4. The molecule has 0 atom stereocenters. The van der Waals surface area contributed by atoms with Gasteiger partial charge in [-0.3, -0.25) is 5.01 Å². The molecule has 3 aromatic rings. The van der Waals surface area contributed by atoms with Crippen LogP contribution in [0.4, 0.5) is 11.4 Å². The van der Waals surface area contributed by atoms with Crippen LogP contribution in [-0.4, -0.2) is 27.4 Å². The topological polar surface area (TPSA) is 86.9 Å². The first-order valence-corrected chi connectivity index (χ1v) is 7.15. The third kappa shape index (κ3) is 2.28. The van der Waals surface area contributed by atoms with Crippen LogP contribution in [0.2, 0.25) is 5.02 Å². The van der Waals surface area contributed by atoms with Gasteiger partial charge in [0.15, 0.2) is 0 Å². The summed E-state index contributed by atoms with van der Waals surface area (Å²) in [5.74, 6) is 0.0538. The van der Waals surface area contributed by atoms with E-state index in [1.807, 2.05) is 36.4 Å². The summed E-state index contributed by atoms with van der Waals surface area (Å²) in [7, 11) is 1.79. The van der Waals surface area contributed by atoms with Gasteiger partial charge in [0.2, 0.25) is 5.88 Å². The number of rotatable bonds is 1. The normalized spacial score (nSPS) is 12.0. The smallest absolute Gasteiger partial charge is 0.241 e. The Kier molecular flexibility index (Phi) is 3.63. The minimum absolute atomic E-state index is 0. The SMILES string of the molecule is CN1[N]c2ccccc2-c2nn(-c3ccc(Cl)cc3)c(O)c21.O. The minimum Gasteiger partial charge on any atom is -0.492 e. The lowest BCUT2D eigenvalue weighted by Crippen LogP contribution is -2.27. The number of anilines is 1. The molecule has 0 saturated carbocycles. The second kappa shape index (κ2) is 5.49. The molecule has 0 spiro atoms. The quantitative estimate of drug-likeness (QED) is 0.744. The van der Waals surface area contributed by atoms with E-state index in [-0.39, 0.29) is 11.4 Å². The predicted molar refractivity (Wildman–Crippen MR) is 89.5 cm³/mol. The highest BCUT2D eigenvalue weighted by Crippen LogP contribution is 2.44. The lowest BCUT2D eigenvalue weighted by Gasteiger charge is -2.24. The number of halogens is 1. The van der Waals surface area contributed by atoms with Gasteiger partial charge in [-0.25, -0.2) is 0 Å². The number of fused-ring (bicyclic) bond motifs is 3. The summed E-state index contributed by atoms with van der Waals surface area (Å²) >= 11 is 5.91. The van der Waals surface area contributed by atoms with Crippen molar-refractivity contribution >= 4 is 23.0 Å². The van der Waals surface area contributed by atoms with E-state index in [1.165, 1.54) is 4.68 Å². The highest BCUT2D eigenvalue weighted by atomic mass is 35.5. The zero-order valence-corrected chi connectivity index (χ0v) is 13.0. The highest BCUT2D eigenvalue weighted by molar-refractivity contribution is 6.30. The summed E-state index contributed by atoms with van der Waals surface area (Å²) in [5.41, 5.74) is 8.24. The molecule has 6 nitrogen and oxygen atoms in total. The molecule has 4 rings (SSSR count). The summed E-state index contributed by atoms with van der Waals surface area (Å²) in [6, 6.07) is 14.9. The Bertz CT molecular complexity index is 861. The van der Waals surface area contributed by atoms with E-state index in [0.29, 0.717) is 16.4 Å². The van der Waals surface area contributed by atoms with E-state index in [1.54, 1.807) is 24.2 Å². The molecule has 0 aliphatic carbocycles. The molecule has 3 N–H and O–H groups in total. The van der Waals surface area contributed by atoms with Gasteiger partial charge < -0.3 is 10.6 Å². The van der Waals surface area contributed by atoms with Crippen LogP contribution in [-0.2, 0) is 0 Å². The van der Waals surface area contributed by atoms with E-state index in [0.717, 1.165) is 16.9 Å². The Morgan fingerprint density at radius 3 is 2.48 bits per heavy atom. The second-order valence-corrected chi connectivity index (χ2v) is 5.49. The van der Waals surface area contributed by atoms with Crippen molar-refractivity contribution in [2.24, 2.45) is 0 Å². The first-order valence-electron chi connectivity index (χ1n) is 6.78. The lowest BCUT2D eigenvalue weighted by molar-refractivity contribution is 0.433. The fourth-order valence-electron chi connectivity index (χ4n) is 2.62. The number of hydrogen-bond acceptors (Lipinski definition) is 3. The van der Waals surface area contributed by atoms with Gasteiger partial charge in [0.05, 0.1) is 11.4 Å². The standard InChI is InChI=1S/C16H12ClN4O.H2O/c1-20-15-14(12-4-2-3-5-13(12)18-20)19-21(16(15)22)11-8-6-10(17)7-9-11;/h2-9,22H,1H3;1H2. The van der Waals surface area contributed by atoms with E-state index in [2.05, 4.69) is 10.5 Å². The van der Waals surface area contributed by atoms with Crippen molar-refractivity contribution in [3.05, 3.63) is 53.6 Å². The highest BCUT2D eigenvalue weighted by Gasteiger charge is 2.29. The van der Waals surface area contributed by atoms with E-state index in [4.69, 9.17) is 11.6 Å². The van der Waals surface area contributed by atoms with Gasteiger partial charge in [0, 0.05) is 17.6 Å². The molecule has 7 heteroatoms. The fourth-order valence-corrected chi connectivity index (χ4v) is 2.74. The van der Waals surface area contributed by atoms with Crippen LogP contribution in [0.1, 0.15) is 0 Å². The largest absolute Gasteiger partial charge is 0.492 e. The molecule has 1 aromatic heterocycles. The third-order valence-electron chi connectivity index (χ3n) is 3.65. The maximum atomic E-state index is 10.6. The molecule has 1 radical (unpaired) electrons. The maximum absolute atomic E-state index is 10.6. The van der Waals surface area contributed by atoms with Crippen molar-refractivity contribution in [3.8, 4) is 22.8 Å². The molecule has 0 bridgehead atoms. The van der Waals surface area contributed by atoms with Crippen LogP contribution < -0.4 is 10.4 Å². The van der Waals surface area contributed by atoms with Crippen molar-refractivity contribution in [2.45, 2.75) is 0 Å². The molecular weight excluding hydrogens is 316 g/mol. The molecule has 0 amide bonds. The molecule has 2 aromatic carbocycles. The molecule has 23 heavy (non-hydrogen) atoms. The molecule has 0 saturated heterocycles. The van der Waals surface area contributed by atoms with Crippen LogP contribution in [0.15, 0.2) is 48.5 Å². The molecule has 0 unspecified atom stereocenters. The van der Waals surface area contributed by atoms with E-state index < -0.39 is 0 Å². The molecule has 1 aliphatic heterocycles. The summed E-state index contributed by atoms with van der Waals surface area (Å²) in [4.78, 5) is 0. The Morgan fingerprint density at radius 2 is 1.74 bits per heavy atom. The van der Waals surface area contributed by atoms with Gasteiger partial charge in [-0.1, -0.05) is 29.8 Å². The first-order chi connectivity index (χ1) is 10.6. The summed E-state index contributed by atoms with van der Waals surface area (Å²) in [5, 5.41) is 17.4. The monoisotopic (exact) mass is 329 g/mol. The van der Waals surface area contributed by atoms with Gasteiger partial charge in [0.25, 0.3) is 0 Å². The van der Waals surface area contributed by atoms with Gasteiger partial charge in [0.1, 0.15) is 11.4 Å². The van der Waals surface area contributed by atoms with Crippen LogP contribution in [0, 0.1) is 0 Å². The van der Waals surface area contributed by atoms with Crippen molar-refractivity contribution < 1.29 is 10.6 Å². The van der Waals surface area contributed by atoms with E-state index >= 15 is 0 Å². The van der Waals surface area contributed by atoms with Crippen molar-refractivity contribution in [1.82, 2.24) is 15.2 Å². The number of aromatic nitrogens is 2. The van der Waals surface area contributed by atoms with Gasteiger partial charge in [-0.2, -0.15) is 15.2 Å². The average molecular weight is 330 g/mol. The van der Waals surface area contributed by atoms with Crippen LogP contribution in [0.5, 0.6) is 5.88 Å². The summed E-state index contributed by atoms with van der Waals surface area (Å²) in [6.07, 6.45) is 0.